The van der Waals surface area contributed by atoms with E-state index in [1.807, 2.05) is 24.3 Å². The molecule has 1 aliphatic heterocycles. The van der Waals surface area contributed by atoms with E-state index in [9.17, 15) is 0 Å². The Labute approximate surface area is 196 Å². The summed E-state index contributed by atoms with van der Waals surface area (Å²) in [6.45, 7) is 9.18. The Morgan fingerprint density at radius 1 is 1.00 bits per heavy atom. The molecular formula is C26H34N4O3. The maximum absolute atomic E-state index is 5.62. The molecular weight excluding hydrogens is 416 g/mol. The van der Waals surface area contributed by atoms with Crippen LogP contribution in [0.25, 0.3) is 11.3 Å². The molecule has 4 rings (SSSR count). The van der Waals surface area contributed by atoms with Gasteiger partial charge in [0.15, 0.2) is 17.3 Å². The summed E-state index contributed by atoms with van der Waals surface area (Å²) in [7, 11) is 5.39. The van der Waals surface area contributed by atoms with Crippen LogP contribution in [-0.2, 0) is 6.54 Å². The van der Waals surface area contributed by atoms with Crippen LogP contribution in [-0.4, -0.2) is 75.5 Å². The number of hydrogen-bond donors (Lipinski definition) is 0. The second kappa shape index (κ2) is 10.7. The molecule has 3 aromatic rings. The van der Waals surface area contributed by atoms with Crippen LogP contribution in [0, 0.1) is 6.92 Å². The summed E-state index contributed by atoms with van der Waals surface area (Å²) in [6, 6.07) is 16.6. The van der Waals surface area contributed by atoms with Gasteiger partial charge in [0.1, 0.15) is 5.69 Å². The molecule has 0 aliphatic carbocycles. The number of benzene rings is 2. The van der Waals surface area contributed by atoms with Gasteiger partial charge in [-0.2, -0.15) is 0 Å². The molecule has 0 N–H and O–H groups in total. The van der Waals surface area contributed by atoms with Gasteiger partial charge in [0, 0.05) is 56.6 Å². The van der Waals surface area contributed by atoms with Gasteiger partial charge in [-0.25, -0.2) is 0 Å². The lowest BCUT2D eigenvalue weighted by molar-refractivity contribution is 0.202. The van der Waals surface area contributed by atoms with E-state index < -0.39 is 0 Å². The second-order valence-electron chi connectivity index (χ2n) is 8.62. The van der Waals surface area contributed by atoms with Crippen LogP contribution in [0.1, 0.15) is 11.3 Å². The fraction of sp³-hybridized carbons (Fsp3) is 0.423. The van der Waals surface area contributed by atoms with Crippen molar-refractivity contribution < 1.29 is 14.0 Å². The lowest BCUT2D eigenvalue weighted by Crippen LogP contribution is -2.48. The Balaban J connectivity index is 1.26. The van der Waals surface area contributed by atoms with Gasteiger partial charge in [-0.3, -0.25) is 9.80 Å². The van der Waals surface area contributed by atoms with Crippen LogP contribution in [0.3, 0.4) is 0 Å². The molecule has 176 valence electrons. The quantitative estimate of drug-likeness (QED) is 0.490. The van der Waals surface area contributed by atoms with Gasteiger partial charge in [-0.15, -0.1) is 0 Å². The molecule has 7 nitrogen and oxygen atoms in total. The molecule has 2 heterocycles. The zero-order chi connectivity index (χ0) is 23.2. The number of rotatable bonds is 9. The van der Waals surface area contributed by atoms with Gasteiger partial charge < -0.3 is 18.9 Å². The van der Waals surface area contributed by atoms with Gasteiger partial charge >= 0.3 is 0 Å². The predicted octanol–water partition coefficient (Wildman–Crippen LogP) is 3.92. The number of piperazine rings is 1. The Kier molecular flexibility index (Phi) is 7.52. The van der Waals surface area contributed by atoms with Crippen molar-refractivity contribution in [2.24, 2.45) is 0 Å². The van der Waals surface area contributed by atoms with Crippen molar-refractivity contribution in [3.8, 4) is 22.8 Å². The van der Waals surface area contributed by atoms with E-state index in [1.54, 1.807) is 14.2 Å². The summed E-state index contributed by atoms with van der Waals surface area (Å²) in [5.74, 6) is 2.18. The first-order valence-electron chi connectivity index (χ1n) is 11.5. The maximum atomic E-state index is 5.62. The SMILES string of the molecule is COc1cccc(-c2cc(CN(C)CCN3CCN(c4ccc(C)cc4)CC3)on2)c1OC. The lowest BCUT2D eigenvalue weighted by atomic mass is 10.1. The van der Waals surface area contributed by atoms with Gasteiger partial charge in [-0.05, 0) is 38.2 Å². The highest BCUT2D eigenvalue weighted by Gasteiger charge is 2.19. The third-order valence-electron chi connectivity index (χ3n) is 6.23. The molecule has 2 aromatic carbocycles. The standard InChI is InChI=1S/C26H34N4O3/c1-20-8-10-21(11-9-20)30-16-14-29(15-17-30)13-12-28(2)19-22-18-24(27-33-22)23-6-5-7-25(31-3)26(23)32-4/h5-11,18H,12-17,19H2,1-4H3. The number of likely N-dealkylation sites (N-methyl/N-ethyl adjacent to an activating group) is 1. The van der Waals surface area contributed by atoms with E-state index in [0.717, 1.165) is 56.3 Å². The van der Waals surface area contributed by atoms with Crippen LogP contribution in [0.2, 0.25) is 0 Å². The van der Waals surface area contributed by atoms with Gasteiger partial charge in [0.25, 0.3) is 0 Å². The molecule has 1 saturated heterocycles. The molecule has 1 aliphatic rings. The minimum Gasteiger partial charge on any atom is -0.493 e. The number of nitrogens with zero attached hydrogens (tertiary/aromatic N) is 4. The Hall–Kier alpha value is -3.03. The highest BCUT2D eigenvalue weighted by molar-refractivity contribution is 5.71. The maximum Gasteiger partial charge on any atom is 0.170 e. The highest BCUT2D eigenvalue weighted by atomic mass is 16.5. The predicted molar refractivity (Wildman–Crippen MR) is 131 cm³/mol. The Morgan fingerprint density at radius 3 is 2.45 bits per heavy atom. The topological polar surface area (TPSA) is 54.2 Å². The summed E-state index contributed by atoms with van der Waals surface area (Å²) < 4.78 is 16.5. The summed E-state index contributed by atoms with van der Waals surface area (Å²) in [6.07, 6.45) is 0. The monoisotopic (exact) mass is 450 g/mol. The molecule has 0 unspecified atom stereocenters. The average molecular weight is 451 g/mol. The Bertz CT molecular complexity index is 1030. The van der Waals surface area contributed by atoms with E-state index in [0.29, 0.717) is 18.0 Å². The van der Waals surface area contributed by atoms with Crippen molar-refractivity contribution in [2.75, 3.05) is 65.4 Å². The number of anilines is 1. The third-order valence-corrected chi connectivity index (χ3v) is 6.23. The van der Waals surface area contributed by atoms with E-state index in [-0.39, 0.29) is 0 Å². The zero-order valence-corrected chi connectivity index (χ0v) is 20.1. The first-order chi connectivity index (χ1) is 16.1. The number of para-hydroxylation sites is 1. The van der Waals surface area contributed by atoms with E-state index in [4.69, 9.17) is 14.0 Å². The van der Waals surface area contributed by atoms with Crippen LogP contribution in [0.5, 0.6) is 11.5 Å². The molecule has 7 heteroatoms. The Morgan fingerprint density at radius 2 is 1.76 bits per heavy atom. The summed E-state index contributed by atoms with van der Waals surface area (Å²) >= 11 is 0. The van der Waals surface area contributed by atoms with Crippen LogP contribution in [0.4, 0.5) is 5.69 Å². The van der Waals surface area contributed by atoms with Crippen molar-refractivity contribution in [2.45, 2.75) is 13.5 Å². The molecule has 0 saturated carbocycles. The first-order valence-corrected chi connectivity index (χ1v) is 11.5. The van der Waals surface area contributed by atoms with E-state index >= 15 is 0 Å². The van der Waals surface area contributed by atoms with Gasteiger partial charge in [0.05, 0.1) is 20.8 Å². The van der Waals surface area contributed by atoms with E-state index in [2.05, 4.69) is 58.1 Å². The van der Waals surface area contributed by atoms with Crippen molar-refractivity contribution in [1.29, 1.82) is 0 Å². The zero-order valence-electron chi connectivity index (χ0n) is 20.1. The molecule has 1 fully saturated rings. The van der Waals surface area contributed by atoms with Crippen molar-refractivity contribution >= 4 is 5.69 Å². The normalized spacial score (nSPS) is 14.6. The fourth-order valence-corrected chi connectivity index (χ4v) is 4.25. The molecule has 0 atom stereocenters. The highest BCUT2D eigenvalue weighted by Crippen LogP contribution is 2.37. The molecule has 1 aromatic heterocycles. The van der Waals surface area contributed by atoms with Crippen LogP contribution in [0.15, 0.2) is 53.1 Å². The number of hydrogen-bond acceptors (Lipinski definition) is 7. The number of ether oxygens (including phenoxy) is 2. The van der Waals surface area contributed by atoms with Crippen LogP contribution >= 0.6 is 0 Å². The van der Waals surface area contributed by atoms with Gasteiger partial charge in [0.2, 0.25) is 0 Å². The second-order valence-corrected chi connectivity index (χ2v) is 8.62. The van der Waals surface area contributed by atoms with Gasteiger partial charge in [-0.1, -0.05) is 28.9 Å². The minimum absolute atomic E-state index is 0.665. The lowest BCUT2D eigenvalue weighted by Gasteiger charge is -2.36. The largest absolute Gasteiger partial charge is 0.493 e. The van der Waals surface area contributed by atoms with E-state index in [1.165, 1.54) is 11.3 Å². The summed E-state index contributed by atoms with van der Waals surface area (Å²) in [5, 5.41) is 4.26. The molecule has 33 heavy (non-hydrogen) atoms. The van der Waals surface area contributed by atoms with Crippen molar-refractivity contribution in [3.63, 3.8) is 0 Å². The molecule has 0 radical (unpaired) electrons. The first kappa shape index (κ1) is 23.1. The third kappa shape index (κ3) is 5.67. The summed E-state index contributed by atoms with van der Waals surface area (Å²) in [5.41, 5.74) is 4.25. The van der Waals surface area contributed by atoms with Crippen molar-refractivity contribution in [1.82, 2.24) is 15.0 Å². The molecule has 0 spiro atoms. The number of aryl methyl sites for hydroxylation is 1. The number of methoxy groups -OCH3 is 2. The van der Waals surface area contributed by atoms with Crippen molar-refractivity contribution in [3.05, 3.63) is 59.9 Å². The van der Waals surface area contributed by atoms with Crippen LogP contribution < -0.4 is 14.4 Å². The molecule has 0 amide bonds. The average Bonchev–Trinajstić information content (AvgIpc) is 3.31. The fourth-order valence-electron chi connectivity index (χ4n) is 4.25. The molecule has 0 bridgehead atoms. The minimum atomic E-state index is 0.665. The smallest absolute Gasteiger partial charge is 0.170 e. The number of aromatic nitrogens is 1. The summed E-state index contributed by atoms with van der Waals surface area (Å²) in [4.78, 5) is 7.29.